The van der Waals surface area contributed by atoms with Crippen molar-refractivity contribution in [3.05, 3.63) is 80.6 Å². The van der Waals surface area contributed by atoms with Gasteiger partial charge >= 0.3 is 12.1 Å². The van der Waals surface area contributed by atoms with Crippen molar-refractivity contribution in [1.82, 2.24) is 4.98 Å². The Balaban J connectivity index is 1.91. The Morgan fingerprint density at radius 3 is 2.43 bits per heavy atom. The van der Waals surface area contributed by atoms with E-state index in [0.29, 0.717) is 6.07 Å². The SMILES string of the molecule is O=C(O)c1csc(Cc2cc(C(F)(F)F)ccc2OCc2ccc(F)c(F)c2F)n1. The van der Waals surface area contributed by atoms with Crippen molar-refractivity contribution in [3.8, 4) is 5.75 Å². The normalized spacial score (nSPS) is 11.5. The topological polar surface area (TPSA) is 59.4 Å². The van der Waals surface area contributed by atoms with Crippen LogP contribution < -0.4 is 4.74 Å². The molecule has 0 aliphatic carbocycles. The molecule has 0 atom stereocenters. The Labute approximate surface area is 169 Å². The van der Waals surface area contributed by atoms with E-state index in [1.165, 1.54) is 5.38 Å². The number of rotatable bonds is 6. The van der Waals surface area contributed by atoms with E-state index in [2.05, 4.69) is 4.98 Å². The predicted octanol–water partition coefficient (Wildman–Crippen LogP) is 5.45. The number of halogens is 6. The number of alkyl halides is 3. The van der Waals surface area contributed by atoms with Crippen LogP contribution in [0.4, 0.5) is 26.3 Å². The van der Waals surface area contributed by atoms with Crippen LogP contribution >= 0.6 is 11.3 Å². The van der Waals surface area contributed by atoms with Gasteiger partial charge in [-0.1, -0.05) is 0 Å². The molecule has 158 valence electrons. The summed E-state index contributed by atoms with van der Waals surface area (Å²) in [5.74, 6) is -5.89. The number of thiazole rings is 1. The third kappa shape index (κ3) is 4.73. The first-order valence-electron chi connectivity index (χ1n) is 8.19. The molecule has 1 aromatic heterocycles. The Kier molecular flexibility index (Phi) is 6.01. The van der Waals surface area contributed by atoms with Crippen LogP contribution in [0, 0.1) is 17.5 Å². The summed E-state index contributed by atoms with van der Waals surface area (Å²) in [6, 6.07) is 4.23. The van der Waals surface area contributed by atoms with E-state index >= 15 is 0 Å². The fourth-order valence-corrected chi connectivity index (χ4v) is 3.31. The second-order valence-corrected chi connectivity index (χ2v) is 6.99. The van der Waals surface area contributed by atoms with Crippen molar-refractivity contribution in [2.24, 2.45) is 0 Å². The van der Waals surface area contributed by atoms with E-state index in [1.54, 1.807) is 0 Å². The lowest BCUT2D eigenvalue weighted by molar-refractivity contribution is -0.137. The third-order valence-electron chi connectivity index (χ3n) is 4.00. The summed E-state index contributed by atoms with van der Waals surface area (Å²) >= 11 is 0.935. The highest BCUT2D eigenvalue weighted by molar-refractivity contribution is 7.09. The van der Waals surface area contributed by atoms with Gasteiger partial charge in [-0.25, -0.2) is 22.9 Å². The molecule has 2 aromatic carbocycles. The number of hydrogen-bond donors (Lipinski definition) is 1. The molecule has 3 aromatic rings. The van der Waals surface area contributed by atoms with E-state index in [-0.39, 0.29) is 34.0 Å². The molecule has 0 aliphatic heterocycles. The number of aromatic carboxylic acids is 1. The number of ether oxygens (including phenoxy) is 1. The van der Waals surface area contributed by atoms with Gasteiger partial charge < -0.3 is 9.84 Å². The highest BCUT2D eigenvalue weighted by atomic mass is 32.1. The number of nitrogens with zero attached hydrogens (tertiary/aromatic N) is 1. The standard InChI is InChI=1S/C19H11F6NO3S/c20-12-3-1-9(16(21)17(12)22)7-29-14-4-2-11(19(23,24)25)5-10(14)6-15-26-13(8-30-15)18(27)28/h1-5,8H,6-7H2,(H,27,28). The van der Waals surface area contributed by atoms with Gasteiger partial charge in [0.15, 0.2) is 23.1 Å². The van der Waals surface area contributed by atoms with Crippen LogP contribution in [0.1, 0.15) is 32.2 Å². The van der Waals surface area contributed by atoms with Crippen molar-refractivity contribution < 1.29 is 41.0 Å². The van der Waals surface area contributed by atoms with E-state index < -0.39 is 41.8 Å². The van der Waals surface area contributed by atoms with Crippen LogP contribution in [-0.4, -0.2) is 16.1 Å². The highest BCUT2D eigenvalue weighted by Gasteiger charge is 2.31. The molecule has 1 heterocycles. The Bertz CT molecular complexity index is 1100. The summed E-state index contributed by atoms with van der Waals surface area (Å²) in [6.07, 6.45) is -4.83. The minimum Gasteiger partial charge on any atom is -0.488 e. The molecule has 0 fully saturated rings. The lowest BCUT2D eigenvalue weighted by Crippen LogP contribution is -2.08. The van der Waals surface area contributed by atoms with Crippen molar-refractivity contribution in [3.63, 3.8) is 0 Å². The average molecular weight is 447 g/mol. The summed E-state index contributed by atoms with van der Waals surface area (Å²) in [5, 5.41) is 10.4. The monoisotopic (exact) mass is 447 g/mol. The van der Waals surface area contributed by atoms with Gasteiger partial charge in [0, 0.05) is 22.9 Å². The van der Waals surface area contributed by atoms with Crippen LogP contribution in [0.25, 0.3) is 0 Å². The summed E-state index contributed by atoms with van der Waals surface area (Å²) in [7, 11) is 0. The Hall–Kier alpha value is -3.08. The molecule has 0 spiro atoms. The molecular weight excluding hydrogens is 436 g/mol. The zero-order valence-corrected chi connectivity index (χ0v) is 15.6. The molecule has 30 heavy (non-hydrogen) atoms. The molecule has 1 N–H and O–H groups in total. The third-order valence-corrected chi connectivity index (χ3v) is 4.85. The fraction of sp³-hybridized carbons (Fsp3) is 0.158. The van der Waals surface area contributed by atoms with E-state index in [1.807, 2.05) is 0 Å². The molecule has 0 saturated carbocycles. The van der Waals surface area contributed by atoms with Gasteiger partial charge in [-0.05, 0) is 30.3 Å². The molecule has 3 rings (SSSR count). The van der Waals surface area contributed by atoms with Gasteiger partial charge in [0.05, 0.1) is 10.6 Å². The number of aromatic nitrogens is 1. The van der Waals surface area contributed by atoms with E-state index in [9.17, 15) is 31.1 Å². The Morgan fingerprint density at radius 1 is 1.07 bits per heavy atom. The molecule has 4 nitrogen and oxygen atoms in total. The van der Waals surface area contributed by atoms with Crippen LogP contribution in [-0.2, 0) is 19.2 Å². The van der Waals surface area contributed by atoms with E-state index in [4.69, 9.17) is 9.84 Å². The number of carbonyl (C=O) groups is 1. The summed E-state index contributed by atoms with van der Waals surface area (Å²) in [6.45, 7) is -0.570. The largest absolute Gasteiger partial charge is 0.488 e. The smallest absolute Gasteiger partial charge is 0.416 e. The van der Waals surface area contributed by atoms with Gasteiger partial charge in [0.2, 0.25) is 0 Å². The number of hydrogen-bond acceptors (Lipinski definition) is 4. The van der Waals surface area contributed by atoms with Gasteiger partial charge in [-0.15, -0.1) is 11.3 Å². The number of carboxylic acid groups (broad SMARTS) is 1. The Morgan fingerprint density at radius 2 is 1.80 bits per heavy atom. The van der Waals surface area contributed by atoms with Crippen LogP contribution in [0.3, 0.4) is 0 Å². The number of benzene rings is 2. The summed E-state index contributed by atoms with van der Waals surface area (Å²) in [5.41, 5.74) is -1.55. The zero-order valence-electron chi connectivity index (χ0n) is 14.8. The highest BCUT2D eigenvalue weighted by Crippen LogP contribution is 2.34. The van der Waals surface area contributed by atoms with Gasteiger partial charge in [-0.3, -0.25) is 0 Å². The van der Waals surface area contributed by atoms with Crippen LogP contribution in [0.2, 0.25) is 0 Å². The zero-order chi connectivity index (χ0) is 22.1. The first-order valence-corrected chi connectivity index (χ1v) is 9.07. The molecule has 0 unspecified atom stereocenters. The van der Waals surface area contributed by atoms with Gasteiger partial charge in [-0.2, -0.15) is 13.2 Å². The molecule has 0 bridgehead atoms. The van der Waals surface area contributed by atoms with E-state index in [0.717, 1.165) is 35.6 Å². The van der Waals surface area contributed by atoms with Gasteiger partial charge in [0.1, 0.15) is 12.4 Å². The first-order chi connectivity index (χ1) is 14.1. The lowest BCUT2D eigenvalue weighted by Gasteiger charge is -2.14. The molecule has 0 aliphatic rings. The summed E-state index contributed by atoms with van der Waals surface area (Å²) in [4.78, 5) is 14.8. The minimum atomic E-state index is -4.64. The van der Waals surface area contributed by atoms with Crippen LogP contribution in [0.15, 0.2) is 35.7 Å². The second-order valence-electron chi connectivity index (χ2n) is 6.05. The second kappa shape index (κ2) is 8.34. The van der Waals surface area contributed by atoms with Crippen molar-refractivity contribution in [2.75, 3.05) is 0 Å². The summed E-state index contributed by atoms with van der Waals surface area (Å²) < 4.78 is 84.8. The molecule has 0 amide bonds. The predicted molar refractivity (Wildman–Crippen MR) is 94.0 cm³/mol. The minimum absolute atomic E-state index is 0.0131. The lowest BCUT2D eigenvalue weighted by atomic mass is 10.1. The molecule has 11 heteroatoms. The maximum atomic E-state index is 13.8. The fourth-order valence-electron chi connectivity index (χ4n) is 2.52. The number of carboxylic acids is 1. The molecule has 0 radical (unpaired) electrons. The van der Waals surface area contributed by atoms with Gasteiger partial charge in [0.25, 0.3) is 0 Å². The molecule has 0 saturated heterocycles. The average Bonchev–Trinajstić information content (AvgIpc) is 3.14. The quantitative estimate of drug-likeness (QED) is 0.404. The molecular formula is C19H11F6NO3S. The maximum Gasteiger partial charge on any atom is 0.416 e. The maximum absolute atomic E-state index is 13.8. The van der Waals surface area contributed by atoms with Crippen molar-refractivity contribution in [1.29, 1.82) is 0 Å². The van der Waals surface area contributed by atoms with Crippen molar-refractivity contribution >= 4 is 17.3 Å². The van der Waals surface area contributed by atoms with Crippen molar-refractivity contribution in [2.45, 2.75) is 19.2 Å². The first kappa shape index (κ1) is 21.6. The van der Waals surface area contributed by atoms with Crippen LogP contribution in [0.5, 0.6) is 5.75 Å².